The highest BCUT2D eigenvalue weighted by atomic mass is 19.4. The van der Waals surface area contributed by atoms with E-state index in [0.717, 1.165) is 18.9 Å². The predicted octanol–water partition coefficient (Wildman–Crippen LogP) is 4.23. The molecule has 0 spiro atoms. The SMILES string of the molecule is COc1cc(C(=O)N2CCC[C@@H](OC(N)=O)C2)cc(N)c1N(C)C(=O)c1cc2cc(C(F)(F)F)oc2n1CC1CC1. The van der Waals surface area contributed by atoms with Gasteiger partial charge in [-0.15, -0.1) is 0 Å². The van der Waals surface area contributed by atoms with Crippen LogP contribution in [0.5, 0.6) is 5.75 Å². The second kappa shape index (κ2) is 10.6. The molecule has 220 valence electrons. The summed E-state index contributed by atoms with van der Waals surface area (Å²) in [5, 5.41) is 0.163. The number of ether oxygens (including phenoxy) is 2. The van der Waals surface area contributed by atoms with Gasteiger partial charge in [-0.2, -0.15) is 13.2 Å². The predicted molar refractivity (Wildman–Crippen MR) is 142 cm³/mol. The summed E-state index contributed by atoms with van der Waals surface area (Å²) in [7, 11) is 2.83. The Labute approximate surface area is 232 Å². The topological polar surface area (TPSA) is 146 Å². The van der Waals surface area contributed by atoms with Crippen LogP contribution in [0, 0.1) is 5.92 Å². The van der Waals surface area contributed by atoms with Gasteiger partial charge in [-0.25, -0.2) is 4.79 Å². The number of nitrogen functional groups attached to an aromatic ring is 1. The molecule has 1 aliphatic carbocycles. The Bertz CT molecular complexity index is 1510. The van der Waals surface area contributed by atoms with Crippen molar-refractivity contribution in [2.75, 3.05) is 37.9 Å². The van der Waals surface area contributed by atoms with Gasteiger partial charge in [-0.05, 0) is 55.9 Å². The first-order valence-electron chi connectivity index (χ1n) is 13.1. The molecular formula is C27H30F3N5O6. The van der Waals surface area contributed by atoms with Gasteiger partial charge in [0.2, 0.25) is 11.5 Å². The normalized spacial score (nSPS) is 17.5. The van der Waals surface area contributed by atoms with E-state index in [1.807, 2.05) is 0 Å². The summed E-state index contributed by atoms with van der Waals surface area (Å²) in [6.07, 6.45) is -3.10. The number of halogens is 3. The van der Waals surface area contributed by atoms with Gasteiger partial charge in [0.05, 0.1) is 19.3 Å². The maximum Gasteiger partial charge on any atom is 0.449 e. The van der Waals surface area contributed by atoms with Gasteiger partial charge in [0.25, 0.3) is 11.8 Å². The van der Waals surface area contributed by atoms with Gasteiger partial charge in [-0.1, -0.05) is 0 Å². The van der Waals surface area contributed by atoms with Crippen molar-refractivity contribution < 1.29 is 41.4 Å². The van der Waals surface area contributed by atoms with Crippen LogP contribution in [0.3, 0.4) is 0 Å². The number of nitrogens with zero attached hydrogens (tertiary/aromatic N) is 3. The van der Waals surface area contributed by atoms with Crippen molar-refractivity contribution in [1.82, 2.24) is 9.47 Å². The van der Waals surface area contributed by atoms with Crippen LogP contribution in [0.2, 0.25) is 0 Å². The van der Waals surface area contributed by atoms with Crippen LogP contribution < -0.4 is 21.1 Å². The number of piperidine rings is 1. The molecule has 5 rings (SSSR count). The molecule has 2 aliphatic rings. The Morgan fingerprint density at radius 2 is 1.88 bits per heavy atom. The molecule has 3 heterocycles. The molecule has 2 fully saturated rings. The second-order valence-electron chi connectivity index (χ2n) is 10.4. The minimum Gasteiger partial charge on any atom is -0.494 e. The highest BCUT2D eigenvalue weighted by Gasteiger charge is 2.37. The first-order chi connectivity index (χ1) is 19.4. The van der Waals surface area contributed by atoms with Crippen LogP contribution in [0.4, 0.5) is 29.3 Å². The van der Waals surface area contributed by atoms with E-state index in [1.165, 1.54) is 46.7 Å². The number of fused-ring (bicyclic) bond motifs is 1. The third-order valence-electron chi connectivity index (χ3n) is 7.36. The lowest BCUT2D eigenvalue weighted by Crippen LogP contribution is -2.44. The Morgan fingerprint density at radius 3 is 2.51 bits per heavy atom. The van der Waals surface area contributed by atoms with Crippen LogP contribution in [0.25, 0.3) is 11.1 Å². The molecule has 41 heavy (non-hydrogen) atoms. The fourth-order valence-electron chi connectivity index (χ4n) is 5.21. The van der Waals surface area contributed by atoms with E-state index in [0.29, 0.717) is 25.9 Å². The standard InChI is InChI=1S/C27H30F3N5O6/c1-33(24(37)19-9-16-11-21(27(28,29)30)41-25(16)35(19)12-14-5-6-14)22-18(31)8-15(10-20(22)39-2)23(36)34-7-3-4-17(13-34)40-26(32)38/h8-11,14,17H,3-7,12-13,31H2,1-2H3,(H2,32,38)/t17-/m1/s1. The number of likely N-dealkylation sites (tertiary alicyclic amines) is 1. The Hall–Kier alpha value is -4.36. The van der Waals surface area contributed by atoms with Gasteiger partial charge >= 0.3 is 12.3 Å². The average molecular weight is 578 g/mol. The average Bonchev–Trinajstić information content (AvgIpc) is 3.53. The number of alkyl halides is 3. The monoisotopic (exact) mass is 577 g/mol. The fraction of sp³-hybridized carbons (Fsp3) is 0.444. The van der Waals surface area contributed by atoms with Crippen molar-refractivity contribution in [2.24, 2.45) is 11.7 Å². The smallest absolute Gasteiger partial charge is 0.449 e. The number of amides is 3. The molecule has 3 aromatic rings. The molecule has 0 bridgehead atoms. The van der Waals surface area contributed by atoms with Gasteiger partial charge in [-0.3, -0.25) is 9.59 Å². The Balaban J connectivity index is 1.44. The molecular weight excluding hydrogens is 547 g/mol. The lowest BCUT2D eigenvalue weighted by Gasteiger charge is -2.32. The van der Waals surface area contributed by atoms with Crippen LogP contribution in [-0.2, 0) is 17.5 Å². The number of rotatable bonds is 7. The third kappa shape index (κ3) is 5.63. The first kappa shape index (κ1) is 28.2. The molecule has 1 aromatic carbocycles. The summed E-state index contributed by atoms with van der Waals surface area (Å²) in [6.45, 7) is 0.938. The van der Waals surface area contributed by atoms with Crippen molar-refractivity contribution >= 4 is 40.4 Å². The quantitative estimate of drug-likeness (QED) is 0.400. The summed E-state index contributed by atoms with van der Waals surface area (Å²) in [5.74, 6) is -1.67. The number of benzene rings is 1. The number of anilines is 2. The van der Waals surface area contributed by atoms with Crippen LogP contribution in [0.1, 0.15) is 52.3 Å². The number of hydrogen-bond acceptors (Lipinski definition) is 7. The van der Waals surface area contributed by atoms with Crippen molar-refractivity contribution in [3.8, 4) is 5.75 Å². The van der Waals surface area contributed by atoms with Gasteiger partial charge in [0, 0.05) is 31.1 Å². The zero-order valence-electron chi connectivity index (χ0n) is 22.5. The lowest BCUT2D eigenvalue weighted by atomic mass is 10.1. The maximum absolute atomic E-state index is 13.7. The molecule has 2 aromatic heterocycles. The minimum absolute atomic E-state index is 0.0259. The summed E-state index contributed by atoms with van der Waals surface area (Å²) >= 11 is 0. The van der Waals surface area contributed by atoms with Crippen LogP contribution >= 0.6 is 0 Å². The number of furan rings is 1. The Kier molecular flexibility index (Phi) is 7.26. The van der Waals surface area contributed by atoms with Crippen molar-refractivity contribution in [3.63, 3.8) is 0 Å². The molecule has 0 unspecified atom stereocenters. The molecule has 3 amide bonds. The number of aromatic nitrogens is 1. The summed E-state index contributed by atoms with van der Waals surface area (Å²) in [6, 6.07) is 5.13. The molecule has 1 saturated carbocycles. The van der Waals surface area contributed by atoms with Gasteiger partial charge in [0.1, 0.15) is 23.2 Å². The highest BCUT2D eigenvalue weighted by molar-refractivity contribution is 6.10. The molecule has 0 radical (unpaired) electrons. The number of carbonyl (C=O) groups excluding carboxylic acids is 3. The maximum atomic E-state index is 13.7. The molecule has 1 saturated heterocycles. The van der Waals surface area contributed by atoms with E-state index in [4.69, 9.17) is 25.4 Å². The van der Waals surface area contributed by atoms with E-state index >= 15 is 0 Å². The van der Waals surface area contributed by atoms with E-state index < -0.39 is 30.0 Å². The number of methoxy groups -OCH3 is 1. The van der Waals surface area contributed by atoms with E-state index in [1.54, 1.807) is 0 Å². The van der Waals surface area contributed by atoms with Gasteiger partial charge in [0.15, 0.2) is 0 Å². The van der Waals surface area contributed by atoms with E-state index in [9.17, 15) is 27.6 Å². The van der Waals surface area contributed by atoms with Gasteiger partial charge < -0.3 is 39.7 Å². The summed E-state index contributed by atoms with van der Waals surface area (Å²) < 4.78 is 57.0. The number of primary amides is 1. The molecule has 11 nitrogen and oxygen atoms in total. The molecule has 1 atom stereocenters. The highest BCUT2D eigenvalue weighted by Crippen LogP contribution is 2.40. The van der Waals surface area contributed by atoms with E-state index in [2.05, 4.69) is 0 Å². The fourth-order valence-corrected chi connectivity index (χ4v) is 5.21. The summed E-state index contributed by atoms with van der Waals surface area (Å²) in [5.41, 5.74) is 12.0. The number of nitrogens with two attached hydrogens (primary N) is 2. The number of carbonyl (C=O) groups is 3. The summed E-state index contributed by atoms with van der Waals surface area (Å²) in [4.78, 5) is 40.9. The lowest BCUT2D eigenvalue weighted by molar-refractivity contribution is -0.152. The van der Waals surface area contributed by atoms with Crippen LogP contribution in [-0.4, -0.2) is 60.7 Å². The number of hydrogen-bond donors (Lipinski definition) is 2. The first-order valence-corrected chi connectivity index (χ1v) is 13.1. The second-order valence-corrected chi connectivity index (χ2v) is 10.4. The minimum atomic E-state index is -4.66. The Morgan fingerprint density at radius 1 is 1.15 bits per heavy atom. The van der Waals surface area contributed by atoms with E-state index in [-0.39, 0.29) is 57.9 Å². The van der Waals surface area contributed by atoms with Crippen molar-refractivity contribution in [3.05, 3.63) is 41.3 Å². The third-order valence-corrected chi connectivity index (χ3v) is 7.36. The zero-order chi connectivity index (χ0) is 29.6. The molecule has 14 heteroatoms. The van der Waals surface area contributed by atoms with Crippen LogP contribution in [0.15, 0.2) is 28.7 Å². The molecule has 4 N–H and O–H groups in total. The van der Waals surface area contributed by atoms with Crippen molar-refractivity contribution in [1.29, 1.82) is 0 Å². The van der Waals surface area contributed by atoms with Crippen molar-refractivity contribution in [2.45, 2.75) is 44.5 Å². The largest absolute Gasteiger partial charge is 0.494 e. The zero-order valence-corrected chi connectivity index (χ0v) is 22.5. The molecule has 1 aliphatic heterocycles.